The van der Waals surface area contributed by atoms with E-state index in [4.69, 9.17) is 10.2 Å². The van der Waals surface area contributed by atoms with Crippen molar-refractivity contribution in [2.75, 3.05) is 18.8 Å². The summed E-state index contributed by atoms with van der Waals surface area (Å²) in [7, 11) is -3.34. The van der Waals surface area contributed by atoms with Crippen LogP contribution in [0, 0.1) is 5.92 Å². The van der Waals surface area contributed by atoms with E-state index in [1.54, 1.807) is 21.0 Å². The van der Waals surface area contributed by atoms with Crippen LogP contribution < -0.4 is 16.8 Å². The molecule has 5 rings (SSSR count). The molecule has 2 atom stereocenters. The van der Waals surface area contributed by atoms with Gasteiger partial charge in [0.1, 0.15) is 0 Å². The second-order valence-electron chi connectivity index (χ2n) is 9.10. The van der Waals surface area contributed by atoms with Crippen LogP contribution in [0.5, 0.6) is 0 Å². The molecule has 0 spiro atoms. The van der Waals surface area contributed by atoms with Crippen LogP contribution in [0.25, 0.3) is 11.1 Å². The van der Waals surface area contributed by atoms with Crippen molar-refractivity contribution >= 4 is 27.0 Å². The Labute approximate surface area is 180 Å². The molecule has 0 aliphatic carbocycles. The summed E-state index contributed by atoms with van der Waals surface area (Å²) >= 11 is 0. The van der Waals surface area contributed by atoms with Gasteiger partial charge in [0.25, 0.3) is 0 Å². The predicted molar refractivity (Wildman–Crippen MR) is 115 cm³/mol. The Morgan fingerprint density at radius 2 is 1.77 bits per heavy atom. The van der Waals surface area contributed by atoms with E-state index in [0.717, 1.165) is 38.8 Å². The topological polar surface area (TPSA) is 128 Å². The van der Waals surface area contributed by atoms with Gasteiger partial charge in [0.05, 0.1) is 11.3 Å². The fourth-order valence-electron chi connectivity index (χ4n) is 5.74. The highest BCUT2D eigenvalue weighted by Gasteiger charge is 2.48. The molecule has 3 aliphatic rings. The van der Waals surface area contributed by atoms with Gasteiger partial charge in [-0.25, -0.2) is 13.2 Å². The molecule has 1 aromatic heterocycles. The summed E-state index contributed by atoms with van der Waals surface area (Å²) in [5.74, 6) is -0.630. The second kappa shape index (κ2) is 7.75. The highest BCUT2D eigenvalue weighted by atomic mass is 32.2. The largest absolute Gasteiger partial charge is 0.420 e. The normalized spacial score (nSPS) is 27.7. The molecule has 3 aliphatic heterocycles. The quantitative estimate of drug-likeness (QED) is 0.707. The van der Waals surface area contributed by atoms with Gasteiger partial charge in [0.15, 0.2) is 5.58 Å². The van der Waals surface area contributed by atoms with Gasteiger partial charge in [-0.2, -0.15) is 4.31 Å². The van der Waals surface area contributed by atoms with Crippen molar-refractivity contribution in [3.8, 4) is 0 Å². The van der Waals surface area contributed by atoms with Gasteiger partial charge >= 0.3 is 5.76 Å². The molecular formula is C21H28N4O5S. The molecule has 0 saturated carbocycles. The number of sulfonamides is 1. The number of oxazole rings is 1. The lowest BCUT2D eigenvalue weighted by Gasteiger charge is -2.39. The summed E-state index contributed by atoms with van der Waals surface area (Å²) in [5, 5.41) is 3.29. The first-order valence-electron chi connectivity index (χ1n) is 11.0. The number of hydrogen-bond acceptors (Lipinski definition) is 6. The Morgan fingerprint density at radius 3 is 2.42 bits per heavy atom. The molecule has 1 amide bonds. The average molecular weight is 449 g/mol. The molecule has 3 fully saturated rings. The monoisotopic (exact) mass is 448 g/mol. The highest BCUT2D eigenvalue weighted by molar-refractivity contribution is 7.89. The lowest BCUT2D eigenvalue weighted by atomic mass is 9.99. The molecule has 2 aromatic rings. The van der Waals surface area contributed by atoms with Crippen molar-refractivity contribution < 1.29 is 17.6 Å². The van der Waals surface area contributed by atoms with Gasteiger partial charge in [-0.3, -0.25) is 9.36 Å². The molecule has 31 heavy (non-hydrogen) atoms. The number of benzene rings is 1. The number of carbonyl (C=O) groups excluding carboxylic acids is 1. The minimum atomic E-state index is -3.34. The van der Waals surface area contributed by atoms with Crippen LogP contribution in [0.15, 0.2) is 27.4 Å². The molecule has 1 aromatic carbocycles. The van der Waals surface area contributed by atoms with E-state index in [2.05, 4.69) is 5.32 Å². The fourth-order valence-corrected chi connectivity index (χ4v) is 8.13. The SMILES string of the molecule is NC(=O)c1ccc2c(c1)oc(=O)n2C1C[C@H]2CC[C@H](C1)N2S(=O)(=O)CC1CCNCC1. The summed E-state index contributed by atoms with van der Waals surface area (Å²) in [6.07, 6.45) is 4.62. The number of primary amides is 1. The number of nitrogens with two attached hydrogens (primary N) is 1. The van der Waals surface area contributed by atoms with E-state index in [9.17, 15) is 18.0 Å². The van der Waals surface area contributed by atoms with Crippen molar-refractivity contribution in [2.24, 2.45) is 11.7 Å². The van der Waals surface area contributed by atoms with E-state index in [-0.39, 0.29) is 35.4 Å². The fraction of sp³-hybridized carbons (Fsp3) is 0.619. The van der Waals surface area contributed by atoms with Crippen molar-refractivity contribution in [3.63, 3.8) is 0 Å². The zero-order chi connectivity index (χ0) is 21.8. The first kappa shape index (κ1) is 20.7. The molecule has 0 unspecified atom stereocenters. The third-order valence-electron chi connectivity index (χ3n) is 7.13. The molecule has 3 saturated heterocycles. The van der Waals surface area contributed by atoms with Crippen LogP contribution >= 0.6 is 0 Å². The van der Waals surface area contributed by atoms with E-state index in [1.165, 1.54) is 6.07 Å². The van der Waals surface area contributed by atoms with Gasteiger partial charge in [0, 0.05) is 23.7 Å². The minimum Gasteiger partial charge on any atom is -0.408 e. The molecule has 3 N–H and O–H groups in total. The predicted octanol–water partition coefficient (Wildman–Crippen LogP) is 1.19. The Hall–Kier alpha value is -2.17. The summed E-state index contributed by atoms with van der Waals surface area (Å²) in [6.45, 7) is 1.76. The lowest BCUT2D eigenvalue weighted by molar-refractivity contribution is 0.1000. The third kappa shape index (κ3) is 3.70. The average Bonchev–Trinajstić information content (AvgIpc) is 3.21. The highest BCUT2D eigenvalue weighted by Crippen LogP contribution is 2.43. The summed E-state index contributed by atoms with van der Waals surface area (Å²) in [5.41, 5.74) is 6.56. The lowest BCUT2D eigenvalue weighted by Crippen LogP contribution is -2.49. The smallest absolute Gasteiger partial charge is 0.408 e. The Bertz CT molecular complexity index is 1150. The van der Waals surface area contributed by atoms with Gasteiger partial charge in [-0.15, -0.1) is 0 Å². The number of amides is 1. The maximum Gasteiger partial charge on any atom is 0.420 e. The molecule has 10 heteroatoms. The molecule has 4 heterocycles. The van der Waals surface area contributed by atoms with Crippen LogP contribution in [-0.2, 0) is 10.0 Å². The Balaban J connectivity index is 1.39. The van der Waals surface area contributed by atoms with Gasteiger partial charge in [-0.1, -0.05) is 0 Å². The standard InChI is InChI=1S/C21H28N4O5S/c22-20(26)14-1-4-18-19(9-14)30-21(27)24(18)17-10-15-2-3-16(11-17)25(15)31(28,29)12-13-5-7-23-8-6-13/h1,4,9,13,15-17,23H,2-3,5-8,10-12H2,(H2,22,26)/t15-,16-/m1/s1. The number of carbonyl (C=O) groups is 1. The summed E-state index contributed by atoms with van der Waals surface area (Å²) in [6, 6.07) is 4.46. The third-order valence-corrected chi connectivity index (χ3v) is 9.26. The van der Waals surface area contributed by atoms with Crippen molar-refractivity contribution in [1.29, 1.82) is 0 Å². The first-order valence-corrected chi connectivity index (χ1v) is 12.6. The van der Waals surface area contributed by atoms with Gasteiger partial charge in [0.2, 0.25) is 15.9 Å². The Kier molecular flexibility index (Phi) is 5.18. The summed E-state index contributed by atoms with van der Waals surface area (Å²) < 4.78 is 35.3. The number of hydrogen-bond donors (Lipinski definition) is 2. The number of piperidine rings is 2. The van der Waals surface area contributed by atoms with Crippen LogP contribution in [0.4, 0.5) is 0 Å². The zero-order valence-electron chi connectivity index (χ0n) is 17.3. The van der Waals surface area contributed by atoms with Crippen LogP contribution in [0.3, 0.4) is 0 Å². The number of rotatable bonds is 5. The van der Waals surface area contributed by atoms with E-state index in [1.807, 2.05) is 0 Å². The van der Waals surface area contributed by atoms with E-state index >= 15 is 0 Å². The maximum absolute atomic E-state index is 13.3. The van der Waals surface area contributed by atoms with Crippen molar-refractivity contribution in [1.82, 2.24) is 14.2 Å². The van der Waals surface area contributed by atoms with Gasteiger partial charge < -0.3 is 15.5 Å². The van der Waals surface area contributed by atoms with E-state index in [0.29, 0.717) is 23.9 Å². The first-order chi connectivity index (χ1) is 14.8. The second-order valence-corrected chi connectivity index (χ2v) is 11.0. The number of fused-ring (bicyclic) bond motifs is 3. The summed E-state index contributed by atoms with van der Waals surface area (Å²) in [4.78, 5) is 24.1. The number of nitrogens with one attached hydrogen (secondary N) is 1. The van der Waals surface area contributed by atoms with Crippen LogP contribution in [0.1, 0.15) is 54.9 Å². The van der Waals surface area contributed by atoms with Gasteiger partial charge in [-0.05, 0) is 75.7 Å². The van der Waals surface area contributed by atoms with Crippen LogP contribution in [0.2, 0.25) is 0 Å². The number of aromatic nitrogens is 1. The van der Waals surface area contributed by atoms with Crippen molar-refractivity contribution in [2.45, 2.75) is 56.7 Å². The molecular weight excluding hydrogens is 420 g/mol. The molecule has 0 radical (unpaired) electrons. The minimum absolute atomic E-state index is 0.0859. The maximum atomic E-state index is 13.3. The molecule has 168 valence electrons. The molecule has 2 bridgehead atoms. The van der Waals surface area contributed by atoms with Crippen molar-refractivity contribution in [3.05, 3.63) is 34.3 Å². The van der Waals surface area contributed by atoms with E-state index < -0.39 is 21.7 Å². The van der Waals surface area contributed by atoms with Crippen LogP contribution in [-0.4, -0.2) is 54.1 Å². The Morgan fingerprint density at radius 1 is 1.10 bits per heavy atom. The molecule has 9 nitrogen and oxygen atoms in total. The zero-order valence-corrected chi connectivity index (χ0v) is 18.1. The number of nitrogens with zero attached hydrogens (tertiary/aromatic N) is 2.